The lowest BCUT2D eigenvalue weighted by Crippen LogP contribution is -2.49. The summed E-state index contributed by atoms with van der Waals surface area (Å²) in [7, 11) is 1.91. The Balaban J connectivity index is 1.11. The summed E-state index contributed by atoms with van der Waals surface area (Å²) in [5.74, 6) is 1.18. The molecule has 2 aromatic rings. The van der Waals surface area contributed by atoms with Crippen LogP contribution in [0.1, 0.15) is 24.1 Å². The number of thioether (sulfide) groups is 1. The minimum atomic E-state index is -0.000234. The minimum absolute atomic E-state index is 0.000234. The molecule has 0 unspecified atom stereocenters. The number of carbonyl (C=O) groups excluding carboxylic acids is 2. The molecular formula is C25H29N7O2S. The van der Waals surface area contributed by atoms with Gasteiger partial charge in [-0.05, 0) is 56.3 Å². The maximum absolute atomic E-state index is 12.8. The third-order valence-electron chi connectivity index (χ3n) is 6.81. The minimum Gasteiger partial charge on any atom is -0.364 e. The molecule has 0 saturated carbocycles. The number of amides is 2. The van der Waals surface area contributed by atoms with E-state index in [0.29, 0.717) is 42.8 Å². The van der Waals surface area contributed by atoms with Gasteiger partial charge < -0.3 is 25.3 Å². The predicted octanol–water partition coefficient (Wildman–Crippen LogP) is 2.03. The second-order valence-corrected chi connectivity index (χ2v) is 10.2. The zero-order chi connectivity index (χ0) is 24.4. The maximum Gasteiger partial charge on any atom is 0.246 e. The number of piperidine rings is 1. The van der Waals surface area contributed by atoms with Gasteiger partial charge in [0.1, 0.15) is 5.82 Å². The normalized spacial score (nSPS) is 18.6. The summed E-state index contributed by atoms with van der Waals surface area (Å²) in [6.45, 7) is 4.39. The Bertz CT molecular complexity index is 1170. The van der Waals surface area contributed by atoms with Crippen LogP contribution in [0.25, 0.3) is 0 Å². The lowest BCUT2D eigenvalue weighted by atomic mass is 10.0. The number of likely N-dealkylation sites (tertiary alicyclic amines) is 1. The number of benzene rings is 1. The molecule has 1 aromatic heterocycles. The number of nitriles is 1. The highest BCUT2D eigenvalue weighted by molar-refractivity contribution is 8.00. The number of hydrogen-bond acceptors (Lipinski definition) is 8. The van der Waals surface area contributed by atoms with Gasteiger partial charge in [-0.15, -0.1) is 11.8 Å². The van der Waals surface area contributed by atoms with E-state index in [1.807, 2.05) is 41.1 Å². The zero-order valence-electron chi connectivity index (χ0n) is 19.8. The number of carbonyl (C=O) groups is 2. The molecule has 10 heteroatoms. The van der Waals surface area contributed by atoms with Crippen molar-refractivity contribution >= 4 is 40.8 Å². The monoisotopic (exact) mass is 491 g/mol. The standard InChI is InChI=1S/C25H29N7O2S/c1-30-15-24(34)32(21-12-17(13-26)2-4-20(21)30)11-10-31-8-6-18(7-9-31)27-14-19-3-5-22-25(28-19)29-23(33)16-35-22/h2-5,12,18,27H,6-11,14-16H2,1H3,(H,28,29,33). The Morgan fingerprint density at radius 1 is 1.17 bits per heavy atom. The molecule has 9 nitrogen and oxygen atoms in total. The molecule has 3 aliphatic rings. The first-order chi connectivity index (χ1) is 17.0. The lowest BCUT2D eigenvalue weighted by molar-refractivity contribution is -0.117. The average Bonchev–Trinajstić information content (AvgIpc) is 2.87. The van der Waals surface area contributed by atoms with Gasteiger partial charge in [0.05, 0.1) is 45.9 Å². The third-order valence-corrected chi connectivity index (χ3v) is 7.86. The van der Waals surface area contributed by atoms with Gasteiger partial charge in [0.15, 0.2) is 0 Å². The largest absolute Gasteiger partial charge is 0.364 e. The number of pyridine rings is 1. The van der Waals surface area contributed by atoms with Gasteiger partial charge in [0.25, 0.3) is 0 Å². The fourth-order valence-corrected chi connectivity index (χ4v) is 5.60. The summed E-state index contributed by atoms with van der Waals surface area (Å²) >= 11 is 1.52. The highest BCUT2D eigenvalue weighted by Gasteiger charge is 2.28. The van der Waals surface area contributed by atoms with Gasteiger partial charge in [-0.25, -0.2) is 4.98 Å². The molecule has 1 aromatic carbocycles. The van der Waals surface area contributed by atoms with E-state index in [9.17, 15) is 14.9 Å². The molecule has 182 valence electrons. The van der Waals surface area contributed by atoms with Crippen LogP contribution >= 0.6 is 11.8 Å². The Hall–Kier alpha value is -3.13. The van der Waals surface area contributed by atoms with Crippen molar-refractivity contribution in [2.45, 2.75) is 30.3 Å². The van der Waals surface area contributed by atoms with Crippen LogP contribution < -0.4 is 20.4 Å². The van der Waals surface area contributed by atoms with Crippen molar-refractivity contribution in [2.75, 3.05) is 60.6 Å². The predicted molar refractivity (Wildman–Crippen MR) is 137 cm³/mol. The quantitative estimate of drug-likeness (QED) is 0.633. The van der Waals surface area contributed by atoms with E-state index in [0.717, 1.165) is 54.4 Å². The van der Waals surface area contributed by atoms with E-state index < -0.39 is 0 Å². The zero-order valence-corrected chi connectivity index (χ0v) is 20.6. The van der Waals surface area contributed by atoms with Gasteiger partial charge in [-0.1, -0.05) is 0 Å². The first-order valence-corrected chi connectivity index (χ1v) is 12.9. The summed E-state index contributed by atoms with van der Waals surface area (Å²) in [4.78, 5) is 36.2. The smallest absolute Gasteiger partial charge is 0.246 e. The van der Waals surface area contributed by atoms with Crippen molar-refractivity contribution in [2.24, 2.45) is 0 Å². The Morgan fingerprint density at radius 3 is 2.80 bits per heavy atom. The van der Waals surface area contributed by atoms with Crippen molar-refractivity contribution in [3.63, 3.8) is 0 Å². The van der Waals surface area contributed by atoms with E-state index in [1.165, 1.54) is 11.8 Å². The number of hydrogen-bond donors (Lipinski definition) is 2. The summed E-state index contributed by atoms with van der Waals surface area (Å²) in [6, 6.07) is 12.2. The number of nitrogens with one attached hydrogen (secondary N) is 2. The molecule has 2 N–H and O–H groups in total. The Labute approximate surface area is 209 Å². The molecule has 5 rings (SSSR count). The molecule has 1 fully saturated rings. The number of fused-ring (bicyclic) bond motifs is 2. The molecule has 0 aliphatic carbocycles. The number of anilines is 3. The van der Waals surface area contributed by atoms with Crippen LogP contribution in [-0.4, -0.2) is 73.3 Å². The van der Waals surface area contributed by atoms with E-state index in [1.54, 1.807) is 6.07 Å². The molecule has 35 heavy (non-hydrogen) atoms. The van der Waals surface area contributed by atoms with E-state index in [4.69, 9.17) is 0 Å². The van der Waals surface area contributed by atoms with Gasteiger partial charge in [-0.2, -0.15) is 5.26 Å². The van der Waals surface area contributed by atoms with Crippen molar-refractivity contribution in [3.05, 3.63) is 41.6 Å². The summed E-state index contributed by atoms with van der Waals surface area (Å²) < 4.78 is 0. The van der Waals surface area contributed by atoms with Crippen LogP contribution in [-0.2, 0) is 16.1 Å². The van der Waals surface area contributed by atoms with Gasteiger partial charge in [0, 0.05) is 32.7 Å². The molecule has 0 spiro atoms. The number of likely N-dealkylation sites (N-methyl/N-ethyl adjacent to an activating group) is 1. The van der Waals surface area contributed by atoms with Crippen LogP contribution in [0.4, 0.5) is 17.2 Å². The van der Waals surface area contributed by atoms with Crippen LogP contribution in [0.3, 0.4) is 0 Å². The first kappa shape index (κ1) is 23.6. The van der Waals surface area contributed by atoms with E-state index in [2.05, 4.69) is 26.6 Å². The summed E-state index contributed by atoms with van der Waals surface area (Å²) in [6.07, 6.45) is 2.06. The van der Waals surface area contributed by atoms with Crippen molar-refractivity contribution < 1.29 is 9.59 Å². The fraction of sp³-hybridized carbons (Fsp3) is 0.440. The molecule has 0 bridgehead atoms. The van der Waals surface area contributed by atoms with Crippen LogP contribution in [0.5, 0.6) is 0 Å². The van der Waals surface area contributed by atoms with Gasteiger partial charge in [-0.3, -0.25) is 9.59 Å². The summed E-state index contributed by atoms with van der Waals surface area (Å²) in [5, 5.41) is 15.8. The molecule has 3 aliphatic heterocycles. The molecular weight excluding hydrogens is 462 g/mol. The molecule has 2 amide bonds. The molecule has 0 radical (unpaired) electrons. The Kier molecular flexibility index (Phi) is 6.90. The topological polar surface area (TPSA) is 105 Å². The van der Waals surface area contributed by atoms with Crippen LogP contribution in [0, 0.1) is 11.3 Å². The van der Waals surface area contributed by atoms with Crippen LogP contribution in [0.2, 0.25) is 0 Å². The molecule has 0 atom stereocenters. The molecule has 4 heterocycles. The second kappa shape index (κ2) is 10.2. The van der Waals surface area contributed by atoms with Crippen molar-refractivity contribution in [3.8, 4) is 6.07 Å². The number of rotatable bonds is 6. The van der Waals surface area contributed by atoms with E-state index in [-0.39, 0.29) is 11.8 Å². The summed E-state index contributed by atoms with van der Waals surface area (Å²) in [5.41, 5.74) is 3.31. The second-order valence-electron chi connectivity index (χ2n) is 9.20. The Morgan fingerprint density at radius 2 is 2.00 bits per heavy atom. The number of aromatic nitrogens is 1. The van der Waals surface area contributed by atoms with Gasteiger partial charge in [0.2, 0.25) is 11.8 Å². The van der Waals surface area contributed by atoms with Crippen molar-refractivity contribution in [1.82, 2.24) is 15.2 Å². The molecule has 1 saturated heterocycles. The maximum atomic E-state index is 12.8. The number of nitrogens with zero attached hydrogens (tertiary/aromatic N) is 5. The highest BCUT2D eigenvalue weighted by atomic mass is 32.2. The average molecular weight is 492 g/mol. The lowest BCUT2D eigenvalue weighted by Gasteiger charge is -2.38. The highest BCUT2D eigenvalue weighted by Crippen LogP contribution is 2.33. The SMILES string of the molecule is CN1CC(=O)N(CCN2CCC(NCc3ccc4c(n3)NC(=O)CS4)CC2)c2cc(C#N)ccc21. The fourth-order valence-electron chi connectivity index (χ4n) is 4.84. The van der Waals surface area contributed by atoms with Gasteiger partial charge >= 0.3 is 0 Å². The van der Waals surface area contributed by atoms with Crippen molar-refractivity contribution in [1.29, 1.82) is 5.26 Å². The first-order valence-electron chi connectivity index (χ1n) is 11.9. The van der Waals surface area contributed by atoms with E-state index >= 15 is 0 Å². The van der Waals surface area contributed by atoms with Crippen LogP contribution in [0.15, 0.2) is 35.2 Å². The third kappa shape index (κ3) is 5.27.